The van der Waals surface area contributed by atoms with Gasteiger partial charge in [0, 0.05) is 13.0 Å². The lowest BCUT2D eigenvalue weighted by molar-refractivity contribution is -0.139. The first-order valence-electron chi connectivity index (χ1n) is 4.15. The standard InChI is InChI=1S/C7H10N4O4/c12-2-1-4(7(14)15)10-6(13)5-8-3-9-11-5/h3-4,12H,1-2H2,(H,10,13)(H,14,15)(H,8,9,11)/t4-/m0/s1. The summed E-state index contributed by atoms with van der Waals surface area (Å²) in [6, 6.07) is -1.13. The molecule has 1 aromatic rings. The van der Waals surface area contributed by atoms with Crippen molar-refractivity contribution >= 4 is 11.9 Å². The zero-order valence-corrected chi connectivity index (χ0v) is 7.67. The number of carboxylic acid groups (broad SMARTS) is 1. The van der Waals surface area contributed by atoms with Crippen LogP contribution in [0, 0.1) is 0 Å². The zero-order valence-electron chi connectivity index (χ0n) is 7.67. The SMILES string of the molecule is O=C(N[C@@H](CCO)C(=O)O)c1ncn[nH]1. The van der Waals surface area contributed by atoms with E-state index in [0.717, 1.165) is 6.33 Å². The van der Waals surface area contributed by atoms with Crippen LogP contribution in [0.15, 0.2) is 6.33 Å². The van der Waals surface area contributed by atoms with Gasteiger partial charge in [0.15, 0.2) is 0 Å². The van der Waals surface area contributed by atoms with E-state index in [-0.39, 0.29) is 18.9 Å². The van der Waals surface area contributed by atoms with Crippen molar-refractivity contribution in [3.8, 4) is 0 Å². The fraction of sp³-hybridized carbons (Fsp3) is 0.429. The number of carboxylic acids is 1. The number of aliphatic hydroxyl groups excluding tert-OH is 1. The van der Waals surface area contributed by atoms with Gasteiger partial charge in [-0.15, -0.1) is 0 Å². The number of nitrogens with one attached hydrogen (secondary N) is 2. The summed E-state index contributed by atoms with van der Waals surface area (Å²) in [6.45, 7) is -0.326. The van der Waals surface area contributed by atoms with Crippen molar-refractivity contribution in [2.24, 2.45) is 0 Å². The summed E-state index contributed by atoms with van der Waals surface area (Å²) in [6.07, 6.45) is 1.08. The Morgan fingerprint density at radius 2 is 2.33 bits per heavy atom. The van der Waals surface area contributed by atoms with Gasteiger partial charge in [-0.1, -0.05) is 0 Å². The van der Waals surface area contributed by atoms with Crippen LogP contribution in [0.5, 0.6) is 0 Å². The smallest absolute Gasteiger partial charge is 0.326 e. The van der Waals surface area contributed by atoms with Gasteiger partial charge in [0.05, 0.1) is 0 Å². The Morgan fingerprint density at radius 3 is 2.80 bits per heavy atom. The molecule has 1 atom stereocenters. The van der Waals surface area contributed by atoms with Gasteiger partial charge in [-0.25, -0.2) is 9.78 Å². The Kier molecular flexibility index (Phi) is 3.75. The molecule has 8 heteroatoms. The molecule has 0 aromatic carbocycles. The maximum Gasteiger partial charge on any atom is 0.326 e. The summed E-state index contributed by atoms with van der Waals surface area (Å²) in [7, 11) is 0. The first-order chi connectivity index (χ1) is 7.15. The molecule has 4 N–H and O–H groups in total. The maximum atomic E-state index is 11.3. The van der Waals surface area contributed by atoms with E-state index in [1.807, 2.05) is 0 Å². The van der Waals surface area contributed by atoms with E-state index in [1.54, 1.807) is 0 Å². The van der Waals surface area contributed by atoms with Gasteiger partial charge in [0.2, 0.25) is 5.82 Å². The van der Waals surface area contributed by atoms with Crippen molar-refractivity contribution in [2.45, 2.75) is 12.5 Å². The summed E-state index contributed by atoms with van der Waals surface area (Å²) < 4.78 is 0. The number of hydrogen-bond acceptors (Lipinski definition) is 5. The Bertz CT molecular complexity index is 337. The van der Waals surface area contributed by atoms with E-state index in [1.165, 1.54) is 0 Å². The Labute approximate surface area is 84.3 Å². The van der Waals surface area contributed by atoms with Crippen LogP contribution >= 0.6 is 0 Å². The van der Waals surface area contributed by atoms with Crippen LogP contribution in [0.1, 0.15) is 17.0 Å². The predicted molar refractivity (Wildman–Crippen MR) is 47.0 cm³/mol. The fourth-order valence-electron chi connectivity index (χ4n) is 0.928. The van der Waals surface area contributed by atoms with E-state index in [0.29, 0.717) is 0 Å². The number of aliphatic hydroxyl groups is 1. The van der Waals surface area contributed by atoms with E-state index >= 15 is 0 Å². The largest absolute Gasteiger partial charge is 0.480 e. The molecule has 0 aliphatic carbocycles. The lowest BCUT2D eigenvalue weighted by Crippen LogP contribution is -2.41. The number of nitrogens with zero attached hydrogens (tertiary/aromatic N) is 2. The molecule has 0 spiro atoms. The quantitative estimate of drug-likeness (QED) is 0.466. The van der Waals surface area contributed by atoms with Gasteiger partial charge < -0.3 is 15.5 Å². The third kappa shape index (κ3) is 3.02. The van der Waals surface area contributed by atoms with Crippen LogP contribution in [-0.2, 0) is 4.79 Å². The molecule has 0 aliphatic heterocycles. The fourth-order valence-corrected chi connectivity index (χ4v) is 0.928. The molecule has 0 fully saturated rings. The molecule has 82 valence electrons. The second-order valence-electron chi connectivity index (χ2n) is 2.71. The summed E-state index contributed by atoms with van der Waals surface area (Å²) in [5.74, 6) is -1.95. The molecule has 0 saturated heterocycles. The molecule has 1 rings (SSSR count). The summed E-state index contributed by atoms with van der Waals surface area (Å²) >= 11 is 0. The molecule has 0 unspecified atom stereocenters. The first kappa shape index (κ1) is 11.1. The van der Waals surface area contributed by atoms with Gasteiger partial charge in [-0.2, -0.15) is 5.10 Å². The number of rotatable bonds is 5. The molecule has 0 radical (unpaired) electrons. The van der Waals surface area contributed by atoms with E-state index in [2.05, 4.69) is 20.5 Å². The van der Waals surface area contributed by atoms with Crippen molar-refractivity contribution in [3.05, 3.63) is 12.2 Å². The number of carbonyl (C=O) groups is 2. The van der Waals surface area contributed by atoms with Gasteiger partial charge in [-0.3, -0.25) is 9.89 Å². The normalized spacial score (nSPS) is 12.1. The average Bonchev–Trinajstić information content (AvgIpc) is 2.69. The van der Waals surface area contributed by atoms with Crippen LogP contribution in [-0.4, -0.2) is 49.9 Å². The van der Waals surface area contributed by atoms with Crippen LogP contribution in [0.4, 0.5) is 0 Å². The molecule has 1 aromatic heterocycles. The maximum absolute atomic E-state index is 11.3. The average molecular weight is 214 g/mol. The molecule has 8 nitrogen and oxygen atoms in total. The highest BCUT2D eigenvalue weighted by molar-refractivity contribution is 5.93. The highest BCUT2D eigenvalue weighted by Gasteiger charge is 2.21. The number of H-pyrrole nitrogens is 1. The second-order valence-corrected chi connectivity index (χ2v) is 2.71. The highest BCUT2D eigenvalue weighted by Crippen LogP contribution is 1.94. The topological polar surface area (TPSA) is 128 Å². The molecule has 1 heterocycles. The number of carbonyl (C=O) groups excluding carboxylic acids is 1. The van der Waals surface area contributed by atoms with Crippen molar-refractivity contribution in [3.63, 3.8) is 0 Å². The van der Waals surface area contributed by atoms with Crippen LogP contribution in [0.2, 0.25) is 0 Å². The Morgan fingerprint density at radius 1 is 1.60 bits per heavy atom. The van der Waals surface area contributed by atoms with Gasteiger partial charge in [0.25, 0.3) is 5.91 Å². The van der Waals surface area contributed by atoms with Crippen molar-refractivity contribution < 1.29 is 19.8 Å². The van der Waals surface area contributed by atoms with Crippen LogP contribution in [0.25, 0.3) is 0 Å². The number of aliphatic carboxylic acids is 1. The summed E-state index contributed by atoms with van der Waals surface area (Å²) in [4.78, 5) is 25.5. The van der Waals surface area contributed by atoms with E-state index in [9.17, 15) is 9.59 Å². The van der Waals surface area contributed by atoms with Gasteiger partial charge in [-0.05, 0) is 0 Å². The second kappa shape index (κ2) is 5.05. The number of aromatic amines is 1. The molecule has 15 heavy (non-hydrogen) atoms. The predicted octanol–water partition coefficient (Wildman–Crippen LogP) is -1.63. The molecule has 0 saturated carbocycles. The van der Waals surface area contributed by atoms with Crippen molar-refractivity contribution in [2.75, 3.05) is 6.61 Å². The molecular formula is C7H10N4O4. The Balaban J connectivity index is 2.59. The summed E-state index contributed by atoms with van der Waals surface area (Å²) in [5.41, 5.74) is 0. The zero-order chi connectivity index (χ0) is 11.3. The monoisotopic (exact) mass is 214 g/mol. The third-order valence-corrected chi connectivity index (χ3v) is 1.65. The first-order valence-corrected chi connectivity index (χ1v) is 4.15. The summed E-state index contributed by atoms with van der Waals surface area (Å²) in [5, 5.41) is 25.2. The van der Waals surface area contributed by atoms with Crippen LogP contribution < -0.4 is 5.32 Å². The van der Waals surface area contributed by atoms with Crippen molar-refractivity contribution in [1.29, 1.82) is 0 Å². The lowest BCUT2D eigenvalue weighted by atomic mass is 10.2. The van der Waals surface area contributed by atoms with Crippen LogP contribution in [0.3, 0.4) is 0 Å². The molecule has 0 aliphatic rings. The minimum absolute atomic E-state index is 0.0603. The van der Waals surface area contributed by atoms with E-state index in [4.69, 9.17) is 10.2 Å². The molecular weight excluding hydrogens is 204 g/mol. The molecule has 1 amide bonds. The minimum Gasteiger partial charge on any atom is -0.480 e. The van der Waals surface area contributed by atoms with Gasteiger partial charge >= 0.3 is 5.97 Å². The highest BCUT2D eigenvalue weighted by atomic mass is 16.4. The number of amides is 1. The van der Waals surface area contributed by atoms with Gasteiger partial charge in [0.1, 0.15) is 12.4 Å². The minimum atomic E-state index is -1.21. The molecule has 0 bridgehead atoms. The number of aromatic nitrogens is 3. The third-order valence-electron chi connectivity index (χ3n) is 1.65. The lowest BCUT2D eigenvalue weighted by Gasteiger charge is -2.11. The Hall–Kier alpha value is -1.96. The number of hydrogen-bond donors (Lipinski definition) is 4. The van der Waals surface area contributed by atoms with Crippen molar-refractivity contribution in [1.82, 2.24) is 20.5 Å². The van der Waals surface area contributed by atoms with E-state index < -0.39 is 17.9 Å².